The Kier molecular flexibility index (Phi) is 4.19. The van der Waals surface area contributed by atoms with Crippen LogP contribution >= 0.6 is 0 Å². The minimum absolute atomic E-state index is 0.0212. The Morgan fingerprint density at radius 3 is 2.71 bits per heavy atom. The van der Waals surface area contributed by atoms with E-state index in [4.69, 9.17) is 0 Å². The second-order valence-corrected chi connectivity index (χ2v) is 6.03. The van der Waals surface area contributed by atoms with E-state index in [1.807, 2.05) is 0 Å². The van der Waals surface area contributed by atoms with Gasteiger partial charge in [0.25, 0.3) is 5.91 Å². The largest absolute Gasteiger partial charge is 0.335 e. The van der Waals surface area contributed by atoms with Crippen molar-refractivity contribution in [3.8, 4) is 0 Å². The van der Waals surface area contributed by atoms with Gasteiger partial charge in [0.05, 0.1) is 5.56 Å². The molecule has 2 aliphatic rings. The highest BCUT2D eigenvalue weighted by atomic mass is 19.1. The topological polar surface area (TPSA) is 32.3 Å². The molecule has 1 saturated carbocycles. The molecule has 0 spiro atoms. The lowest BCUT2D eigenvalue weighted by Crippen LogP contribution is -2.42. The molecule has 1 saturated heterocycles. The van der Waals surface area contributed by atoms with Gasteiger partial charge in [-0.05, 0) is 56.8 Å². The molecule has 1 aromatic carbocycles. The Morgan fingerprint density at radius 2 is 2.10 bits per heavy atom. The van der Waals surface area contributed by atoms with Crippen LogP contribution in [0.3, 0.4) is 0 Å². The normalized spacial score (nSPS) is 22.1. The second kappa shape index (κ2) is 6.10. The van der Waals surface area contributed by atoms with Gasteiger partial charge in [0, 0.05) is 18.7 Å². The molecule has 114 valence electrons. The van der Waals surface area contributed by atoms with Gasteiger partial charge < -0.3 is 10.2 Å². The first-order valence-corrected chi connectivity index (χ1v) is 7.62. The van der Waals surface area contributed by atoms with E-state index in [0.29, 0.717) is 12.5 Å². The predicted octanol–water partition coefficient (Wildman–Crippen LogP) is 2.57. The van der Waals surface area contributed by atoms with Gasteiger partial charge >= 0.3 is 0 Å². The number of halogens is 2. The van der Waals surface area contributed by atoms with Gasteiger partial charge in [-0.15, -0.1) is 0 Å². The smallest absolute Gasteiger partial charge is 0.257 e. The summed E-state index contributed by atoms with van der Waals surface area (Å²) in [6.45, 7) is 2.59. The quantitative estimate of drug-likeness (QED) is 0.925. The number of nitrogens with zero attached hydrogens (tertiary/aromatic N) is 1. The van der Waals surface area contributed by atoms with Crippen molar-refractivity contribution < 1.29 is 13.6 Å². The SMILES string of the molecule is O=C(c1ccc(F)cc1F)N(CC1CCCNC1)C1CC1. The summed E-state index contributed by atoms with van der Waals surface area (Å²) in [5.74, 6) is -1.31. The first kappa shape index (κ1) is 14.4. The van der Waals surface area contributed by atoms with Gasteiger partial charge in [0.1, 0.15) is 11.6 Å². The van der Waals surface area contributed by atoms with Crippen molar-refractivity contribution in [2.45, 2.75) is 31.7 Å². The third kappa shape index (κ3) is 3.40. The lowest BCUT2D eigenvalue weighted by atomic mass is 9.98. The average Bonchev–Trinajstić information content (AvgIpc) is 3.30. The molecule has 1 aliphatic carbocycles. The molecule has 1 unspecified atom stereocenters. The van der Waals surface area contributed by atoms with E-state index >= 15 is 0 Å². The van der Waals surface area contributed by atoms with Crippen LogP contribution in [0.5, 0.6) is 0 Å². The summed E-state index contributed by atoms with van der Waals surface area (Å²) >= 11 is 0. The zero-order chi connectivity index (χ0) is 14.8. The van der Waals surface area contributed by atoms with Crippen LogP contribution in [0.4, 0.5) is 8.78 Å². The van der Waals surface area contributed by atoms with Crippen molar-refractivity contribution in [1.82, 2.24) is 10.2 Å². The van der Waals surface area contributed by atoms with Crippen molar-refractivity contribution >= 4 is 5.91 Å². The Hall–Kier alpha value is -1.49. The minimum atomic E-state index is -0.771. The highest BCUT2D eigenvalue weighted by Gasteiger charge is 2.35. The standard InChI is InChI=1S/C16H20F2N2O/c17-12-3-6-14(15(18)8-12)16(21)20(13-4-5-13)10-11-2-1-7-19-9-11/h3,6,8,11,13,19H,1-2,4-5,7,9-10H2. The number of hydrogen-bond acceptors (Lipinski definition) is 2. The zero-order valence-corrected chi connectivity index (χ0v) is 11.9. The number of benzene rings is 1. The van der Waals surface area contributed by atoms with Crippen LogP contribution in [0.15, 0.2) is 18.2 Å². The molecule has 3 rings (SSSR count). The molecular weight excluding hydrogens is 274 g/mol. The minimum Gasteiger partial charge on any atom is -0.335 e. The Morgan fingerprint density at radius 1 is 1.29 bits per heavy atom. The van der Waals surface area contributed by atoms with Crippen LogP contribution in [0.25, 0.3) is 0 Å². The molecule has 0 bridgehead atoms. The second-order valence-electron chi connectivity index (χ2n) is 6.03. The molecule has 2 fully saturated rings. The van der Waals surface area contributed by atoms with E-state index in [-0.39, 0.29) is 17.5 Å². The zero-order valence-electron chi connectivity index (χ0n) is 11.9. The molecule has 0 radical (unpaired) electrons. The molecular formula is C16H20F2N2O. The molecule has 21 heavy (non-hydrogen) atoms. The van der Waals surface area contributed by atoms with E-state index in [2.05, 4.69) is 5.32 Å². The number of piperidine rings is 1. The molecule has 0 aromatic heterocycles. The molecule has 3 nitrogen and oxygen atoms in total. The van der Waals surface area contributed by atoms with Crippen LogP contribution in [0, 0.1) is 17.6 Å². The van der Waals surface area contributed by atoms with Gasteiger partial charge in [-0.2, -0.15) is 0 Å². The first-order chi connectivity index (χ1) is 10.1. The van der Waals surface area contributed by atoms with Crippen molar-refractivity contribution in [2.24, 2.45) is 5.92 Å². The Labute approximate surface area is 123 Å². The fourth-order valence-corrected chi connectivity index (χ4v) is 2.96. The average molecular weight is 294 g/mol. The number of carbonyl (C=O) groups is 1. The van der Waals surface area contributed by atoms with E-state index < -0.39 is 11.6 Å². The van der Waals surface area contributed by atoms with Crippen molar-refractivity contribution in [3.63, 3.8) is 0 Å². The number of nitrogens with one attached hydrogen (secondary N) is 1. The first-order valence-electron chi connectivity index (χ1n) is 7.62. The van der Waals surface area contributed by atoms with Crippen molar-refractivity contribution in [1.29, 1.82) is 0 Å². The van der Waals surface area contributed by atoms with Crippen LogP contribution in [0.2, 0.25) is 0 Å². The Bertz CT molecular complexity index is 525. The Balaban J connectivity index is 1.75. The van der Waals surface area contributed by atoms with Crippen LogP contribution in [0.1, 0.15) is 36.0 Å². The number of carbonyl (C=O) groups excluding carboxylic acids is 1. The van der Waals surface area contributed by atoms with E-state index in [1.165, 1.54) is 6.07 Å². The monoisotopic (exact) mass is 294 g/mol. The van der Waals surface area contributed by atoms with Gasteiger partial charge in [-0.25, -0.2) is 8.78 Å². The van der Waals surface area contributed by atoms with Crippen LogP contribution in [-0.4, -0.2) is 36.5 Å². The summed E-state index contributed by atoms with van der Waals surface area (Å²) < 4.78 is 26.8. The molecule has 1 amide bonds. The summed E-state index contributed by atoms with van der Waals surface area (Å²) in [4.78, 5) is 14.4. The van der Waals surface area contributed by atoms with Gasteiger partial charge in [-0.3, -0.25) is 4.79 Å². The van der Waals surface area contributed by atoms with Crippen LogP contribution < -0.4 is 5.32 Å². The number of hydrogen-bond donors (Lipinski definition) is 1. The van der Waals surface area contributed by atoms with E-state index in [9.17, 15) is 13.6 Å². The van der Waals surface area contributed by atoms with Gasteiger partial charge in [0.15, 0.2) is 0 Å². The maximum Gasteiger partial charge on any atom is 0.257 e. The summed E-state index contributed by atoms with van der Waals surface area (Å²) in [6.07, 6.45) is 4.17. The van der Waals surface area contributed by atoms with Crippen molar-refractivity contribution in [2.75, 3.05) is 19.6 Å². The summed E-state index contributed by atoms with van der Waals surface area (Å²) in [5, 5.41) is 3.34. The maximum absolute atomic E-state index is 13.8. The fourth-order valence-electron chi connectivity index (χ4n) is 2.96. The van der Waals surface area contributed by atoms with Crippen LogP contribution in [-0.2, 0) is 0 Å². The third-order valence-electron chi connectivity index (χ3n) is 4.26. The molecule has 1 aliphatic heterocycles. The molecule has 5 heteroatoms. The van der Waals surface area contributed by atoms with E-state index in [0.717, 1.165) is 50.9 Å². The molecule has 1 atom stereocenters. The molecule has 1 heterocycles. The van der Waals surface area contributed by atoms with Gasteiger partial charge in [0.2, 0.25) is 0 Å². The van der Waals surface area contributed by atoms with E-state index in [1.54, 1.807) is 4.90 Å². The highest BCUT2D eigenvalue weighted by molar-refractivity contribution is 5.94. The van der Waals surface area contributed by atoms with Crippen molar-refractivity contribution in [3.05, 3.63) is 35.4 Å². The number of rotatable bonds is 4. The fraction of sp³-hybridized carbons (Fsp3) is 0.562. The third-order valence-corrected chi connectivity index (χ3v) is 4.26. The number of amides is 1. The molecule has 1 N–H and O–H groups in total. The molecule has 1 aromatic rings. The summed E-state index contributed by atoms with van der Waals surface area (Å²) in [7, 11) is 0. The lowest BCUT2D eigenvalue weighted by molar-refractivity contribution is 0.0699. The predicted molar refractivity (Wildman–Crippen MR) is 76.0 cm³/mol. The summed E-state index contributed by atoms with van der Waals surface area (Å²) in [6, 6.07) is 3.40. The maximum atomic E-state index is 13.8. The van der Waals surface area contributed by atoms with Gasteiger partial charge in [-0.1, -0.05) is 0 Å². The highest BCUT2D eigenvalue weighted by Crippen LogP contribution is 2.30. The lowest BCUT2D eigenvalue weighted by Gasteiger charge is -2.30. The summed E-state index contributed by atoms with van der Waals surface area (Å²) in [5.41, 5.74) is -0.0212.